The highest BCUT2D eigenvalue weighted by Gasteiger charge is 2.29. The number of ether oxygens (including phenoxy) is 1. The molecule has 1 aliphatic rings. The highest BCUT2D eigenvalue weighted by Crippen LogP contribution is 2.44. The molecule has 0 fully saturated rings. The Bertz CT molecular complexity index is 1160. The summed E-state index contributed by atoms with van der Waals surface area (Å²) in [6, 6.07) is 15.3. The van der Waals surface area contributed by atoms with Gasteiger partial charge in [-0.1, -0.05) is 61.9 Å². The number of carbonyl (C=O) groups is 3. The molecule has 2 amide bonds. The van der Waals surface area contributed by atoms with E-state index < -0.39 is 24.0 Å². The number of aliphatic carboxylic acids is 1. The molecule has 34 heavy (non-hydrogen) atoms. The van der Waals surface area contributed by atoms with Crippen LogP contribution in [-0.4, -0.2) is 40.7 Å². The topological polar surface area (TPSA) is 118 Å². The number of rotatable bonds is 9. The van der Waals surface area contributed by atoms with Crippen molar-refractivity contribution in [1.29, 1.82) is 0 Å². The van der Waals surface area contributed by atoms with Crippen molar-refractivity contribution in [1.82, 2.24) is 15.6 Å². The fourth-order valence-corrected chi connectivity index (χ4v) is 4.79. The molecule has 176 valence electrons. The SMILES string of the molecule is CCCC(NC(=O)c1csc(CNC(=O)OCC2c3ccccc3-c3ccccc32)n1)C(=O)O. The lowest BCUT2D eigenvalue weighted by atomic mass is 9.98. The second kappa shape index (κ2) is 10.5. The lowest BCUT2D eigenvalue weighted by Gasteiger charge is -2.14. The molecule has 0 spiro atoms. The smallest absolute Gasteiger partial charge is 0.407 e. The zero-order chi connectivity index (χ0) is 24.1. The van der Waals surface area contributed by atoms with Gasteiger partial charge in [0.1, 0.15) is 23.4 Å². The maximum absolute atomic E-state index is 12.3. The molecule has 1 atom stereocenters. The minimum atomic E-state index is -1.08. The van der Waals surface area contributed by atoms with Gasteiger partial charge in [0.05, 0.1) is 6.54 Å². The molecule has 0 bridgehead atoms. The molecule has 3 N–H and O–H groups in total. The number of amides is 2. The summed E-state index contributed by atoms with van der Waals surface area (Å²) in [6.45, 7) is 2.16. The molecule has 1 heterocycles. The zero-order valence-corrected chi connectivity index (χ0v) is 19.4. The van der Waals surface area contributed by atoms with E-state index in [-0.39, 0.29) is 24.8 Å². The Morgan fingerprint density at radius 3 is 2.35 bits per heavy atom. The maximum atomic E-state index is 12.3. The van der Waals surface area contributed by atoms with Crippen LogP contribution in [0.15, 0.2) is 53.9 Å². The highest BCUT2D eigenvalue weighted by molar-refractivity contribution is 7.09. The number of nitrogens with one attached hydrogen (secondary N) is 2. The van der Waals surface area contributed by atoms with Crippen molar-refractivity contribution in [2.75, 3.05) is 6.61 Å². The number of benzene rings is 2. The molecule has 1 aliphatic carbocycles. The van der Waals surface area contributed by atoms with Crippen LogP contribution < -0.4 is 10.6 Å². The molecule has 0 saturated heterocycles. The van der Waals surface area contributed by atoms with Crippen molar-refractivity contribution in [3.05, 3.63) is 75.7 Å². The minimum absolute atomic E-state index is 0.0291. The van der Waals surface area contributed by atoms with Crippen LogP contribution in [0.3, 0.4) is 0 Å². The molecule has 1 unspecified atom stereocenters. The normalized spacial score (nSPS) is 13.0. The van der Waals surface area contributed by atoms with E-state index in [0.29, 0.717) is 17.8 Å². The second-order valence-electron chi connectivity index (χ2n) is 7.96. The Balaban J connectivity index is 1.30. The van der Waals surface area contributed by atoms with Crippen LogP contribution in [0.4, 0.5) is 4.79 Å². The summed E-state index contributed by atoms with van der Waals surface area (Å²) < 4.78 is 5.50. The molecular weight excluding hydrogens is 454 g/mol. The zero-order valence-electron chi connectivity index (χ0n) is 18.6. The van der Waals surface area contributed by atoms with Crippen LogP contribution in [-0.2, 0) is 16.1 Å². The Morgan fingerprint density at radius 1 is 1.09 bits per heavy atom. The fraction of sp³-hybridized carbons (Fsp3) is 0.280. The van der Waals surface area contributed by atoms with Gasteiger partial charge in [-0.25, -0.2) is 14.6 Å². The number of carbonyl (C=O) groups excluding carboxylic acids is 2. The van der Waals surface area contributed by atoms with E-state index in [2.05, 4.69) is 39.9 Å². The molecule has 4 rings (SSSR count). The van der Waals surface area contributed by atoms with Crippen molar-refractivity contribution >= 4 is 29.3 Å². The number of thiazole rings is 1. The third-order valence-corrected chi connectivity index (χ3v) is 6.54. The van der Waals surface area contributed by atoms with Gasteiger partial charge < -0.3 is 20.5 Å². The van der Waals surface area contributed by atoms with Crippen molar-refractivity contribution in [3.8, 4) is 11.1 Å². The van der Waals surface area contributed by atoms with Gasteiger partial charge in [0.2, 0.25) is 0 Å². The van der Waals surface area contributed by atoms with E-state index in [9.17, 15) is 19.5 Å². The number of carboxylic acids is 1. The first-order chi connectivity index (χ1) is 16.5. The third kappa shape index (κ3) is 5.09. The lowest BCUT2D eigenvalue weighted by Crippen LogP contribution is -2.40. The third-order valence-electron chi connectivity index (χ3n) is 5.69. The highest BCUT2D eigenvalue weighted by atomic mass is 32.1. The molecule has 8 nitrogen and oxygen atoms in total. The Morgan fingerprint density at radius 2 is 1.74 bits per heavy atom. The summed E-state index contributed by atoms with van der Waals surface area (Å²) in [7, 11) is 0. The first-order valence-corrected chi connectivity index (χ1v) is 11.9. The van der Waals surface area contributed by atoms with E-state index in [4.69, 9.17) is 4.74 Å². The summed E-state index contributed by atoms with van der Waals surface area (Å²) in [4.78, 5) is 40.1. The quantitative estimate of drug-likeness (QED) is 0.424. The van der Waals surface area contributed by atoms with Crippen LogP contribution in [0.25, 0.3) is 11.1 Å². The predicted molar refractivity (Wildman–Crippen MR) is 128 cm³/mol. The van der Waals surface area contributed by atoms with Gasteiger partial charge in [-0.2, -0.15) is 0 Å². The molecule has 0 radical (unpaired) electrons. The van der Waals surface area contributed by atoms with Crippen LogP contribution in [0.2, 0.25) is 0 Å². The van der Waals surface area contributed by atoms with Gasteiger partial charge in [-0.3, -0.25) is 4.79 Å². The van der Waals surface area contributed by atoms with Crippen molar-refractivity contribution in [2.24, 2.45) is 0 Å². The van der Waals surface area contributed by atoms with E-state index >= 15 is 0 Å². The Hall–Kier alpha value is -3.72. The largest absolute Gasteiger partial charge is 0.480 e. The van der Waals surface area contributed by atoms with Crippen LogP contribution >= 0.6 is 11.3 Å². The summed E-state index contributed by atoms with van der Waals surface area (Å²) in [5.41, 5.74) is 4.70. The first-order valence-electron chi connectivity index (χ1n) is 11.0. The molecule has 0 saturated carbocycles. The number of hydrogen-bond donors (Lipinski definition) is 3. The Kier molecular flexibility index (Phi) is 7.22. The lowest BCUT2D eigenvalue weighted by molar-refractivity contribution is -0.139. The number of hydrogen-bond acceptors (Lipinski definition) is 6. The van der Waals surface area contributed by atoms with Crippen molar-refractivity contribution in [2.45, 2.75) is 38.3 Å². The van der Waals surface area contributed by atoms with Crippen LogP contribution in [0, 0.1) is 0 Å². The predicted octanol–water partition coefficient (Wildman–Crippen LogP) is 4.16. The second-order valence-corrected chi connectivity index (χ2v) is 8.90. The summed E-state index contributed by atoms with van der Waals surface area (Å²) in [5, 5.41) is 16.4. The summed E-state index contributed by atoms with van der Waals surface area (Å²) in [6.07, 6.45) is 0.391. The maximum Gasteiger partial charge on any atom is 0.407 e. The standard InChI is InChI=1S/C25H25N3O5S/c1-2-7-20(24(30)31)28-23(29)21-14-34-22(27-21)12-26-25(32)33-13-19-17-10-5-3-8-15(17)16-9-4-6-11-18(16)19/h3-6,8-11,14,19-20H,2,7,12-13H2,1H3,(H,26,32)(H,28,29)(H,30,31). The van der Waals surface area contributed by atoms with E-state index in [1.54, 1.807) is 0 Å². The van der Waals surface area contributed by atoms with E-state index in [1.165, 1.54) is 16.7 Å². The number of nitrogens with zero attached hydrogens (tertiary/aromatic N) is 1. The van der Waals surface area contributed by atoms with Gasteiger partial charge >= 0.3 is 12.1 Å². The number of aromatic nitrogens is 1. The van der Waals surface area contributed by atoms with Gasteiger partial charge in [-0.15, -0.1) is 11.3 Å². The summed E-state index contributed by atoms with van der Waals surface area (Å²) >= 11 is 1.20. The Labute approximate surface area is 201 Å². The molecule has 3 aromatic rings. The average molecular weight is 480 g/mol. The minimum Gasteiger partial charge on any atom is -0.480 e. The van der Waals surface area contributed by atoms with E-state index in [1.807, 2.05) is 31.2 Å². The first kappa shape index (κ1) is 23.4. The van der Waals surface area contributed by atoms with Gasteiger partial charge in [0, 0.05) is 11.3 Å². The van der Waals surface area contributed by atoms with Crippen LogP contribution in [0.5, 0.6) is 0 Å². The van der Waals surface area contributed by atoms with Gasteiger partial charge in [0.15, 0.2) is 0 Å². The van der Waals surface area contributed by atoms with E-state index in [0.717, 1.165) is 22.3 Å². The monoisotopic (exact) mass is 479 g/mol. The van der Waals surface area contributed by atoms with Crippen molar-refractivity contribution in [3.63, 3.8) is 0 Å². The van der Waals surface area contributed by atoms with Gasteiger partial charge in [-0.05, 0) is 28.7 Å². The molecule has 1 aromatic heterocycles. The summed E-state index contributed by atoms with van der Waals surface area (Å²) in [5.74, 6) is -1.66. The fourth-order valence-electron chi connectivity index (χ4n) is 4.07. The molecule has 9 heteroatoms. The molecule has 2 aromatic carbocycles. The number of carboxylic acid groups (broad SMARTS) is 1. The average Bonchev–Trinajstić information content (AvgIpc) is 3.44. The molecular formula is C25H25N3O5S. The number of alkyl carbamates (subject to hydrolysis) is 1. The van der Waals surface area contributed by atoms with Gasteiger partial charge in [0.25, 0.3) is 5.91 Å². The van der Waals surface area contributed by atoms with Crippen LogP contribution in [0.1, 0.15) is 52.3 Å². The van der Waals surface area contributed by atoms with Crippen molar-refractivity contribution < 1.29 is 24.2 Å². The molecule has 0 aliphatic heterocycles. The number of fused-ring (bicyclic) bond motifs is 3.